The average molecular weight is 327 g/mol. The van der Waals surface area contributed by atoms with E-state index in [1.54, 1.807) is 24.3 Å². The highest BCUT2D eigenvalue weighted by atomic mass is 35.5. The minimum Gasteiger partial charge on any atom is -0.390 e. The topological polar surface area (TPSA) is 37.5 Å². The highest BCUT2D eigenvalue weighted by Crippen LogP contribution is 2.34. The SMILES string of the molecule is OCc1c(-c2ccccc2)nc2c(Cl)cc(C(F)(F)F)cn12. The molecule has 0 aliphatic heterocycles. The van der Waals surface area contributed by atoms with Gasteiger partial charge in [-0.15, -0.1) is 0 Å². The van der Waals surface area contributed by atoms with Gasteiger partial charge in [-0.05, 0) is 6.07 Å². The molecule has 0 atom stereocenters. The predicted molar refractivity (Wildman–Crippen MR) is 76.6 cm³/mol. The highest BCUT2D eigenvalue weighted by Gasteiger charge is 2.32. The van der Waals surface area contributed by atoms with Gasteiger partial charge < -0.3 is 5.11 Å². The van der Waals surface area contributed by atoms with Crippen LogP contribution < -0.4 is 0 Å². The zero-order valence-corrected chi connectivity index (χ0v) is 11.9. The van der Waals surface area contributed by atoms with Gasteiger partial charge in [0.25, 0.3) is 0 Å². The lowest BCUT2D eigenvalue weighted by Crippen LogP contribution is -2.07. The molecule has 114 valence electrons. The number of alkyl halides is 3. The molecule has 1 aromatic carbocycles. The van der Waals surface area contributed by atoms with Gasteiger partial charge in [-0.1, -0.05) is 41.9 Å². The largest absolute Gasteiger partial charge is 0.417 e. The maximum Gasteiger partial charge on any atom is 0.417 e. The molecule has 22 heavy (non-hydrogen) atoms. The third-order valence-corrected chi connectivity index (χ3v) is 3.58. The molecule has 0 bridgehead atoms. The molecule has 2 heterocycles. The van der Waals surface area contributed by atoms with E-state index in [1.807, 2.05) is 6.07 Å². The fourth-order valence-electron chi connectivity index (χ4n) is 2.28. The Bertz CT molecular complexity index is 828. The van der Waals surface area contributed by atoms with Gasteiger partial charge >= 0.3 is 6.18 Å². The van der Waals surface area contributed by atoms with Crippen LogP contribution >= 0.6 is 11.6 Å². The lowest BCUT2D eigenvalue weighted by atomic mass is 10.1. The number of benzene rings is 1. The second-order valence-electron chi connectivity index (χ2n) is 4.70. The summed E-state index contributed by atoms with van der Waals surface area (Å²) in [5.74, 6) is 0. The highest BCUT2D eigenvalue weighted by molar-refractivity contribution is 6.33. The first-order valence-corrected chi connectivity index (χ1v) is 6.73. The molecule has 0 saturated carbocycles. The maximum atomic E-state index is 12.9. The predicted octanol–water partition coefficient (Wildman–Crippen LogP) is 4.17. The van der Waals surface area contributed by atoms with Crippen LogP contribution in [-0.2, 0) is 12.8 Å². The summed E-state index contributed by atoms with van der Waals surface area (Å²) >= 11 is 5.93. The molecule has 7 heteroatoms. The normalized spacial score (nSPS) is 12.0. The quantitative estimate of drug-likeness (QED) is 0.767. The van der Waals surface area contributed by atoms with Crippen molar-refractivity contribution in [2.24, 2.45) is 0 Å². The van der Waals surface area contributed by atoms with Gasteiger partial charge in [0.05, 0.1) is 28.6 Å². The monoisotopic (exact) mass is 326 g/mol. The summed E-state index contributed by atoms with van der Waals surface area (Å²) in [4.78, 5) is 4.28. The Morgan fingerprint density at radius 1 is 1.18 bits per heavy atom. The standard InChI is InChI=1S/C15H10ClF3N2O/c16-11-6-10(15(17,18)19)7-21-12(8-22)13(20-14(11)21)9-4-2-1-3-5-9/h1-7,22H,8H2. The van der Waals surface area contributed by atoms with Crippen LogP contribution in [-0.4, -0.2) is 14.5 Å². The lowest BCUT2D eigenvalue weighted by Gasteiger charge is -2.09. The van der Waals surface area contributed by atoms with Crippen molar-refractivity contribution in [3.8, 4) is 11.3 Å². The molecular weight excluding hydrogens is 317 g/mol. The van der Waals surface area contributed by atoms with E-state index in [2.05, 4.69) is 4.98 Å². The maximum absolute atomic E-state index is 12.9. The molecule has 3 aromatic rings. The lowest BCUT2D eigenvalue weighted by molar-refractivity contribution is -0.137. The van der Waals surface area contributed by atoms with Crippen LogP contribution in [0.5, 0.6) is 0 Å². The van der Waals surface area contributed by atoms with Gasteiger partial charge in [0.1, 0.15) is 0 Å². The summed E-state index contributed by atoms with van der Waals surface area (Å²) < 4.78 is 39.9. The number of halogens is 4. The number of pyridine rings is 1. The van der Waals surface area contributed by atoms with Crippen LogP contribution in [0.4, 0.5) is 13.2 Å². The van der Waals surface area contributed by atoms with Crippen LogP contribution in [0, 0.1) is 0 Å². The fourth-order valence-corrected chi connectivity index (χ4v) is 2.54. The average Bonchev–Trinajstić information content (AvgIpc) is 2.86. The molecular formula is C15H10ClF3N2O. The number of aliphatic hydroxyl groups excluding tert-OH is 1. The van der Waals surface area contributed by atoms with Gasteiger partial charge in [-0.3, -0.25) is 4.40 Å². The van der Waals surface area contributed by atoms with Crippen LogP contribution in [0.3, 0.4) is 0 Å². The molecule has 0 aliphatic carbocycles. The summed E-state index contributed by atoms with van der Waals surface area (Å²) in [7, 11) is 0. The summed E-state index contributed by atoms with van der Waals surface area (Å²) in [6.45, 7) is -0.455. The molecule has 3 rings (SSSR count). The van der Waals surface area contributed by atoms with E-state index in [4.69, 9.17) is 11.6 Å². The van der Waals surface area contributed by atoms with Crippen LogP contribution in [0.1, 0.15) is 11.3 Å². The summed E-state index contributed by atoms with van der Waals surface area (Å²) in [5.41, 5.74) is 0.646. The van der Waals surface area contributed by atoms with Gasteiger partial charge in [-0.2, -0.15) is 13.2 Å². The van der Waals surface area contributed by atoms with Crippen molar-refractivity contribution in [3.63, 3.8) is 0 Å². The molecule has 0 saturated heterocycles. The Morgan fingerprint density at radius 2 is 1.86 bits per heavy atom. The number of aromatic nitrogens is 2. The summed E-state index contributed by atoms with van der Waals surface area (Å²) in [6.07, 6.45) is -3.63. The fraction of sp³-hybridized carbons (Fsp3) is 0.133. The van der Waals surface area contributed by atoms with E-state index >= 15 is 0 Å². The molecule has 2 aromatic heterocycles. The second-order valence-corrected chi connectivity index (χ2v) is 5.11. The zero-order chi connectivity index (χ0) is 15.9. The molecule has 0 fully saturated rings. The molecule has 0 amide bonds. The molecule has 0 unspecified atom stereocenters. The number of nitrogens with zero attached hydrogens (tertiary/aromatic N) is 2. The van der Waals surface area contributed by atoms with Crippen LogP contribution in [0.2, 0.25) is 5.02 Å². The third-order valence-electron chi connectivity index (χ3n) is 3.30. The number of fused-ring (bicyclic) bond motifs is 1. The van der Waals surface area contributed by atoms with E-state index in [-0.39, 0.29) is 16.4 Å². The minimum atomic E-state index is -4.53. The summed E-state index contributed by atoms with van der Waals surface area (Å²) in [6, 6.07) is 9.73. The third kappa shape index (κ3) is 2.44. The Kier molecular flexibility index (Phi) is 3.58. The first-order valence-electron chi connectivity index (χ1n) is 6.36. The first kappa shape index (κ1) is 14.9. The molecule has 0 aliphatic rings. The van der Waals surface area contributed by atoms with E-state index < -0.39 is 18.3 Å². The smallest absolute Gasteiger partial charge is 0.390 e. The number of rotatable bonds is 2. The van der Waals surface area contributed by atoms with Crippen LogP contribution in [0.25, 0.3) is 16.9 Å². The molecule has 0 radical (unpaired) electrons. The van der Waals surface area contributed by atoms with Gasteiger partial charge in [-0.25, -0.2) is 4.98 Å². The second kappa shape index (κ2) is 5.30. The molecule has 3 nitrogen and oxygen atoms in total. The van der Waals surface area contributed by atoms with Crippen LogP contribution in [0.15, 0.2) is 42.6 Å². The Balaban J connectivity index is 2.31. The van der Waals surface area contributed by atoms with Crippen molar-refractivity contribution in [3.05, 3.63) is 58.9 Å². The number of hydrogen-bond donors (Lipinski definition) is 1. The van der Waals surface area contributed by atoms with Crippen molar-refractivity contribution >= 4 is 17.2 Å². The molecule has 1 N–H and O–H groups in total. The minimum absolute atomic E-state index is 0.119. The van der Waals surface area contributed by atoms with E-state index in [9.17, 15) is 18.3 Å². The first-order chi connectivity index (χ1) is 10.4. The zero-order valence-electron chi connectivity index (χ0n) is 11.1. The molecule has 0 spiro atoms. The van der Waals surface area contributed by atoms with Gasteiger partial charge in [0.15, 0.2) is 5.65 Å². The van der Waals surface area contributed by atoms with Gasteiger partial charge in [0, 0.05) is 11.8 Å². The van der Waals surface area contributed by atoms with Crippen molar-refractivity contribution in [2.45, 2.75) is 12.8 Å². The Labute approximate surface area is 128 Å². The van der Waals surface area contributed by atoms with Crippen molar-refractivity contribution < 1.29 is 18.3 Å². The Hall–Kier alpha value is -2.05. The van der Waals surface area contributed by atoms with Crippen molar-refractivity contribution in [1.29, 1.82) is 0 Å². The van der Waals surface area contributed by atoms with Crippen molar-refractivity contribution in [1.82, 2.24) is 9.38 Å². The number of aliphatic hydroxyl groups is 1. The van der Waals surface area contributed by atoms with E-state index in [0.29, 0.717) is 11.3 Å². The summed E-state index contributed by atoms with van der Waals surface area (Å²) in [5, 5.41) is 9.45. The van der Waals surface area contributed by atoms with E-state index in [1.165, 1.54) is 4.40 Å². The number of imidazole rings is 1. The van der Waals surface area contributed by atoms with Gasteiger partial charge in [0.2, 0.25) is 0 Å². The Morgan fingerprint density at radius 3 is 2.45 bits per heavy atom. The van der Waals surface area contributed by atoms with E-state index in [0.717, 1.165) is 12.3 Å². The number of hydrogen-bond acceptors (Lipinski definition) is 2. The van der Waals surface area contributed by atoms with Crippen molar-refractivity contribution in [2.75, 3.05) is 0 Å².